The van der Waals surface area contributed by atoms with Crippen LogP contribution in [-0.4, -0.2) is 41.3 Å². The normalized spacial score (nSPS) is 18.4. The zero-order valence-corrected chi connectivity index (χ0v) is 17.2. The van der Waals surface area contributed by atoms with Crippen molar-refractivity contribution in [3.05, 3.63) is 58.9 Å². The van der Waals surface area contributed by atoms with Crippen molar-refractivity contribution in [2.24, 2.45) is 11.7 Å². The summed E-state index contributed by atoms with van der Waals surface area (Å²) in [5.74, 6) is -1.20. The van der Waals surface area contributed by atoms with Crippen molar-refractivity contribution in [3.63, 3.8) is 0 Å². The van der Waals surface area contributed by atoms with Gasteiger partial charge in [0.2, 0.25) is 5.91 Å². The first-order chi connectivity index (χ1) is 15.1. The number of carbonyl (C=O) groups excluding carboxylic acids is 1. The Balaban J connectivity index is 1.48. The molecule has 2 aromatic rings. The van der Waals surface area contributed by atoms with E-state index in [9.17, 15) is 22.4 Å². The second kappa shape index (κ2) is 8.33. The fourth-order valence-corrected chi connectivity index (χ4v) is 4.29. The molecule has 2 aromatic carbocycles. The molecule has 0 saturated carbocycles. The fourth-order valence-electron chi connectivity index (χ4n) is 4.29. The summed E-state index contributed by atoms with van der Waals surface area (Å²) in [4.78, 5) is 16.4. The molecule has 0 radical (unpaired) electrons. The van der Waals surface area contributed by atoms with Crippen LogP contribution in [0.4, 0.5) is 28.9 Å². The largest absolute Gasteiger partial charge is 0.416 e. The molecule has 1 amide bonds. The van der Waals surface area contributed by atoms with Gasteiger partial charge in [-0.3, -0.25) is 10.2 Å². The Kier molecular flexibility index (Phi) is 5.70. The van der Waals surface area contributed by atoms with Crippen molar-refractivity contribution in [2.45, 2.75) is 25.6 Å². The van der Waals surface area contributed by atoms with Crippen molar-refractivity contribution >= 4 is 23.2 Å². The van der Waals surface area contributed by atoms with E-state index in [1.807, 2.05) is 6.07 Å². The molecule has 0 bridgehead atoms. The lowest BCUT2D eigenvalue weighted by Crippen LogP contribution is -2.41. The number of hydrogen-bond donors (Lipinski definition) is 3. The zero-order valence-electron chi connectivity index (χ0n) is 17.2. The molecule has 32 heavy (non-hydrogen) atoms. The number of nitrogens with two attached hydrogens (primary N) is 1. The number of hydrogen-bond acceptors (Lipinski definition) is 3. The molecule has 2 aliphatic heterocycles. The molecule has 0 spiro atoms. The monoisotopic (exact) mass is 449 g/mol. The van der Waals surface area contributed by atoms with E-state index in [2.05, 4.69) is 5.32 Å². The highest BCUT2D eigenvalue weighted by atomic mass is 19.4. The predicted molar refractivity (Wildman–Crippen MR) is 112 cm³/mol. The van der Waals surface area contributed by atoms with Gasteiger partial charge in [0.05, 0.1) is 17.2 Å². The van der Waals surface area contributed by atoms with Gasteiger partial charge in [-0.05, 0) is 48.2 Å². The fraction of sp³-hybridized carbons (Fsp3) is 0.364. The molecule has 170 valence electrons. The van der Waals surface area contributed by atoms with Crippen LogP contribution in [-0.2, 0) is 23.9 Å². The Labute approximate surface area is 182 Å². The molecule has 1 atom stereocenters. The van der Waals surface area contributed by atoms with Crippen molar-refractivity contribution in [3.8, 4) is 0 Å². The Morgan fingerprint density at radius 1 is 1.12 bits per heavy atom. The third-order valence-corrected chi connectivity index (χ3v) is 6.02. The van der Waals surface area contributed by atoms with Crippen molar-refractivity contribution in [2.75, 3.05) is 25.0 Å². The first kappa shape index (κ1) is 21.9. The van der Waals surface area contributed by atoms with E-state index in [4.69, 9.17) is 11.1 Å². The second-order valence-electron chi connectivity index (χ2n) is 8.09. The molecule has 0 aromatic heterocycles. The van der Waals surface area contributed by atoms with Crippen LogP contribution in [0.3, 0.4) is 0 Å². The van der Waals surface area contributed by atoms with Crippen molar-refractivity contribution in [1.29, 1.82) is 5.41 Å². The first-order valence-electron chi connectivity index (χ1n) is 10.3. The van der Waals surface area contributed by atoms with E-state index in [1.165, 1.54) is 0 Å². The molecule has 1 fully saturated rings. The third-order valence-electron chi connectivity index (χ3n) is 6.02. The van der Waals surface area contributed by atoms with Crippen LogP contribution in [0.15, 0.2) is 36.4 Å². The van der Waals surface area contributed by atoms with E-state index < -0.39 is 17.6 Å². The summed E-state index contributed by atoms with van der Waals surface area (Å²) in [6.07, 6.45) is -3.42. The summed E-state index contributed by atoms with van der Waals surface area (Å²) in [6, 6.07) is 7.80. The van der Waals surface area contributed by atoms with Gasteiger partial charge in [-0.1, -0.05) is 12.1 Å². The lowest BCUT2D eigenvalue weighted by Gasteiger charge is -2.32. The number of nitrogens with one attached hydrogen (secondary N) is 2. The average molecular weight is 449 g/mol. The van der Waals surface area contributed by atoms with E-state index in [1.54, 1.807) is 21.9 Å². The summed E-state index contributed by atoms with van der Waals surface area (Å²) in [5.41, 5.74) is 6.86. The maximum absolute atomic E-state index is 14.3. The number of fused-ring (bicyclic) bond motifs is 1. The van der Waals surface area contributed by atoms with Crippen molar-refractivity contribution < 1.29 is 22.4 Å². The maximum atomic E-state index is 14.3. The number of amides is 1. The highest BCUT2D eigenvalue weighted by Gasteiger charge is 2.34. The third kappa shape index (κ3) is 4.35. The van der Waals surface area contributed by atoms with E-state index in [-0.39, 0.29) is 23.5 Å². The first-order valence-corrected chi connectivity index (χ1v) is 10.3. The van der Waals surface area contributed by atoms with E-state index in [0.29, 0.717) is 50.8 Å². The van der Waals surface area contributed by atoms with Gasteiger partial charge in [-0.2, -0.15) is 13.2 Å². The molecule has 6 nitrogen and oxygen atoms in total. The number of likely N-dealkylation sites (tertiary alicyclic amines) is 1. The van der Waals surface area contributed by atoms with E-state index >= 15 is 0 Å². The summed E-state index contributed by atoms with van der Waals surface area (Å²) in [5, 5.41) is 10.4. The molecule has 1 saturated heterocycles. The van der Waals surface area contributed by atoms with Gasteiger partial charge < -0.3 is 20.9 Å². The maximum Gasteiger partial charge on any atom is 0.416 e. The minimum atomic E-state index is -4.61. The summed E-state index contributed by atoms with van der Waals surface area (Å²) < 4.78 is 52.6. The van der Waals surface area contributed by atoms with Gasteiger partial charge >= 0.3 is 6.18 Å². The number of carbonyl (C=O) groups is 1. The van der Waals surface area contributed by atoms with Gasteiger partial charge in [0, 0.05) is 31.9 Å². The van der Waals surface area contributed by atoms with Crippen LogP contribution >= 0.6 is 0 Å². The minimum Gasteiger partial charge on any atom is -0.370 e. The average Bonchev–Trinajstić information content (AvgIpc) is 3.24. The lowest BCUT2D eigenvalue weighted by atomic mass is 9.96. The van der Waals surface area contributed by atoms with Crippen LogP contribution in [0.2, 0.25) is 0 Å². The molecule has 2 heterocycles. The smallest absolute Gasteiger partial charge is 0.370 e. The number of anilines is 2. The Bertz CT molecular complexity index is 1060. The highest BCUT2D eigenvalue weighted by molar-refractivity contribution is 5.82. The highest BCUT2D eigenvalue weighted by Crippen LogP contribution is 2.34. The molecule has 0 aliphatic carbocycles. The number of guanidine groups is 1. The number of rotatable bonds is 3. The lowest BCUT2D eigenvalue weighted by molar-refractivity contribution is -0.138. The molecular weight excluding hydrogens is 426 g/mol. The number of alkyl halides is 3. The van der Waals surface area contributed by atoms with Gasteiger partial charge in [0.25, 0.3) is 0 Å². The molecule has 4 N–H and O–H groups in total. The molecule has 10 heteroatoms. The van der Waals surface area contributed by atoms with Gasteiger partial charge in [0.1, 0.15) is 5.82 Å². The van der Waals surface area contributed by atoms with Crippen molar-refractivity contribution in [1.82, 2.24) is 9.80 Å². The predicted octanol–water partition coefficient (Wildman–Crippen LogP) is 3.69. The van der Waals surface area contributed by atoms with Crippen LogP contribution in [0, 0.1) is 17.1 Å². The quantitative estimate of drug-likeness (QED) is 0.379. The SMILES string of the molecule is N=C(N)N1CCC(C(=O)N2CCc3c(cccc3Nc3ccc(C(F)(F)F)cc3F)C2)C1. The van der Waals surface area contributed by atoms with Crippen LogP contribution in [0.5, 0.6) is 0 Å². The van der Waals surface area contributed by atoms with Gasteiger partial charge in [-0.15, -0.1) is 0 Å². The Morgan fingerprint density at radius 3 is 2.56 bits per heavy atom. The Hall–Kier alpha value is -3.30. The van der Waals surface area contributed by atoms with Crippen LogP contribution in [0.25, 0.3) is 0 Å². The Morgan fingerprint density at radius 2 is 1.91 bits per heavy atom. The topological polar surface area (TPSA) is 85.5 Å². The van der Waals surface area contributed by atoms with E-state index in [0.717, 1.165) is 23.3 Å². The number of halogens is 4. The molecule has 2 aliphatic rings. The number of benzene rings is 2. The zero-order chi connectivity index (χ0) is 23.0. The minimum absolute atomic E-state index is 0.0200. The number of nitrogens with zero attached hydrogens (tertiary/aromatic N) is 2. The molecular formula is C22H23F4N5O. The second-order valence-corrected chi connectivity index (χ2v) is 8.09. The molecule has 4 rings (SSSR count). The van der Waals surface area contributed by atoms with Gasteiger partial charge in [0.15, 0.2) is 5.96 Å². The summed E-state index contributed by atoms with van der Waals surface area (Å²) in [6.45, 7) is 1.90. The standard InChI is InChI=1S/C22H23F4N5O/c23-17-10-15(22(24,25)26)4-5-19(17)29-18-3-1-2-13-11-30(9-7-16(13)18)20(32)14-6-8-31(12-14)21(27)28/h1-5,10,14,29H,6-9,11-12H2,(H3,27,28). The summed E-state index contributed by atoms with van der Waals surface area (Å²) >= 11 is 0. The van der Waals surface area contributed by atoms with Crippen LogP contribution in [0.1, 0.15) is 23.1 Å². The summed E-state index contributed by atoms with van der Waals surface area (Å²) in [7, 11) is 0. The molecule has 1 unspecified atom stereocenters. The van der Waals surface area contributed by atoms with Gasteiger partial charge in [-0.25, -0.2) is 4.39 Å². The van der Waals surface area contributed by atoms with Crippen LogP contribution < -0.4 is 11.1 Å².